The van der Waals surface area contributed by atoms with Crippen LogP contribution in [0, 0.1) is 0 Å². The number of ether oxygens (including phenoxy) is 2. The molecule has 3 aromatic carbocycles. The monoisotopic (exact) mass is 403 g/mol. The van der Waals surface area contributed by atoms with Gasteiger partial charge in [0.15, 0.2) is 0 Å². The Labute approximate surface area is 178 Å². The fourth-order valence-corrected chi connectivity index (χ4v) is 3.85. The number of hydrogen-bond donors (Lipinski definition) is 1. The van der Waals surface area contributed by atoms with Crippen LogP contribution in [0.1, 0.15) is 29.5 Å². The second kappa shape index (κ2) is 10.3. The maximum absolute atomic E-state index is 9.48. The van der Waals surface area contributed by atoms with E-state index in [1.807, 2.05) is 42.5 Å². The Morgan fingerprint density at radius 2 is 1.40 bits per heavy atom. The molecule has 30 heavy (non-hydrogen) atoms. The van der Waals surface area contributed by atoms with Gasteiger partial charge >= 0.3 is 0 Å². The molecule has 3 aromatic rings. The topological polar surface area (TPSA) is 41.9 Å². The molecule has 1 N–H and O–H groups in total. The molecule has 1 heterocycles. The van der Waals surface area contributed by atoms with Gasteiger partial charge in [0.2, 0.25) is 0 Å². The second-order valence-electron chi connectivity index (χ2n) is 7.80. The van der Waals surface area contributed by atoms with Crippen LogP contribution in [0.2, 0.25) is 0 Å². The van der Waals surface area contributed by atoms with Crippen molar-refractivity contribution in [3.05, 3.63) is 95.6 Å². The van der Waals surface area contributed by atoms with E-state index in [0.29, 0.717) is 19.3 Å². The Bertz CT molecular complexity index is 911. The zero-order chi connectivity index (χ0) is 20.6. The summed E-state index contributed by atoms with van der Waals surface area (Å²) >= 11 is 0. The molecule has 4 rings (SSSR count). The van der Waals surface area contributed by atoms with Crippen molar-refractivity contribution in [2.24, 2.45) is 0 Å². The van der Waals surface area contributed by atoms with Gasteiger partial charge in [-0.2, -0.15) is 0 Å². The molecule has 0 spiro atoms. The molecule has 1 aliphatic rings. The van der Waals surface area contributed by atoms with Crippen LogP contribution in [0.4, 0.5) is 0 Å². The maximum Gasteiger partial charge on any atom is 0.123 e. The lowest BCUT2D eigenvalue weighted by Crippen LogP contribution is -2.31. The van der Waals surface area contributed by atoms with Gasteiger partial charge in [0.05, 0.1) is 6.61 Å². The third kappa shape index (κ3) is 5.62. The molecule has 0 saturated carbocycles. The number of benzene rings is 3. The first-order valence-electron chi connectivity index (χ1n) is 10.6. The van der Waals surface area contributed by atoms with Gasteiger partial charge in [0.1, 0.15) is 24.7 Å². The highest BCUT2D eigenvalue weighted by molar-refractivity contribution is 5.33. The number of nitrogens with zero attached hydrogens (tertiary/aromatic N) is 1. The Morgan fingerprint density at radius 1 is 0.767 bits per heavy atom. The minimum atomic E-state index is 0.250. The Hall–Kier alpha value is -2.82. The minimum Gasteiger partial charge on any atom is -0.489 e. The predicted molar refractivity (Wildman–Crippen MR) is 119 cm³/mol. The van der Waals surface area contributed by atoms with Gasteiger partial charge < -0.3 is 14.6 Å². The van der Waals surface area contributed by atoms with E-state index in [4.69, 9.17) is 9.47 Å². The summed E-state index contributed by atoms with van der Waals surface area (Å²) in [5.74, 6) is 1.60. The Balaban J connectivity index is 1.28. The Morgan fingerprint density at radius 3 is 2.07 bits per heavy atom. The highest BCUT2D eigenvalue weighted by Crippen LogP contribution is 2.22. The van der Waals surface area contributed by atoms with Crippen molar-refractivity contribution in [2.45, 2.75) is 38.6 Å². The molecule has 0 bridgehead atoms. The normalized spacial score (nSPS) is 16.5. The molecule has 1 atom stereocenters. The fraction of sp³-hybridized carbons (Fsp3) is 0.308. The van der Waals surface area contributed by atoms with E-state index < -0.39 is 0 Å². The summed E-state index contributed by atoms with van der Waals surface area (Å²) in [6.45, 7) is 3.28. The van der Waals surface area contributed by atoms with Crippen LogP contribution in [-0.4, -0.2) is 29.2 Å². The molecular formula is C26H29NO3. The van der Waals surface area contributed by atoms with Crippen LogP contribution >= 0.6 is 0 Å². The SMILES string of the molecule is OC[C@@H]1CCCN1Cc1ccc(COc2cccc(OCc3ccccc3)c2)cc1. The van der Waals surface area contributed by atoms with Gasteiger partial charge in [-0.3, -0.25) is 4.90 Å². The Kier molecular flexibility index (Phi) is 7.01. The van der Waals surface area contributed by atoms with Gasteiger partial charge in [-0.05, 0) is 48.2 Å². The van der Waals surface area contributed by atoms with Gasteiger partial charge in [0, 0.05) is 18.7 Å². The van der Waals surface area contributed by atoms with Gasteiger partial charge in [-0.25, -0.2) is 0 Å². The summed E-state index contributed by atoms with van der Waals surface area (Å²) in [6, 6.07) is 26.8. The number of likely N-dealkylation sites (tertiary alicyclic amines) is 1. The van der Waals surface area contributed by atoms with Crippen molar-refractivity contribution in [3.8, 4) is 11.5 Å². The van der Waals surface area contributed by atoms with Gasteiger partial charge in [-0.1, -0.05) is 60.7 Å². The molecule has 4 nitrogen and oxygen atoms in total. The highest BCUT2D eigenvalue weighted by Gasteiger charge is 2.23. The molecule has 4 heteroatoms. The van der Waals surface area contributed by atoms with Crippen LogP contribution in [0.25, 0.3) is 0 Å². The van der Waals surface area contributed by atoms with E-state index in [0.717, 1.165) is 42.1 Å². The maximum atomic E-state index is 9.48. The zero-order valence-electron chi connectivity index (χ0n) is 17.2. The number of aliphatic hydroxyl groups excluding tert-OH is 1. The smallest absolute Gasteiger partial charge is 0.123 e. The van der Waals surface area contributed by atoms with Crippen LogP contribution in [0.15, 0.2) is 78.9 Å². The van der Waals surface area contributed by atoms with Crippen molar-refractivity contribution in [1.82, 2.24) is 4.90 Å². The third-order valence-corrected chi connectivity index (χ3v) is 5.58. The highest BCUT2D eigenvalue weighted by atomic mass is 16.5. The van der Waals surface area contributed by atoms with Gasteiger partial charge in [-0.15, -0.1) is 0 Å². The second-order valence-corrected chi connectivity index (χ2v) is 7.80. The first-order chi connectivity index (χ1) is 14.8. The van der Waals surface area contributed by atoms with Crippen molar-refractivity contribution in [1.29, 1.82) is 0 Å². The minimum absolute atomic E-state index is 0.250. The van der Waals surface area contributed by atoms with Crippen LogP contribution in [0.3, 0.4) is 0 Å². The lowest BCUT2D eigenvalue weighted by atomic mass is 10.1. The number of aliphatic hydroxyl groups is 1. The fourth-order valence-electron chi connectivity index (χ4n) is 3.85. The molecule has 0 aliphatic carbocycles. The third-order valence-electron chi connectivity index (χ3n) is 5.58. The quantitative estimate of drug-likeness (QED) is 0.557. The van der Waals surface area contributed by atoms with Crippen molar-refractivity contribution < 1.29 is 14.6 Å². The molecule has 0 amide bonds. The molecule has 156 valence electrons. The summed E-state index contributed by atoms with van der Waals surface area (Å²) in [7, 11) is 0. The number of hydrogen-bond acceptors (Lipinski definition) is 4. The van der Waals surface area contributed by atoms with Crippen LogP contribution in [-0.2, 0) is 19.8 Å². The molecule has 1 aliphatic heterocycles. The molecular weight excluding hydrogens is 374 g/mol. The number of rotatable bonds is 9. The lowest BCUT2D eigenvalue weighted by Gasteiger charge is -2.22. The van der Waals surface area contributed by atoms with E-state index in [1.165, 1.54) is 12.0 Å². The van der Waals surface area contributed by atoms with E-state index in [1.54, 1.807) is 0 Å². The molecule has 1 fully saturated rings. The van der Waals surface area contributed by atoms with Crippen molar-refractivity contribution in [3.63, 3.8) is 0 Å². The summed E-state index contributed by atoms with van der Waals surface area (Å²) in [5, 5.41) is 9.48. The summed E-state index contributed by atoms with van der Waals surface area (Å²) < 4.78 is 11.8. The molecule has 0 aromatic heterocycles. The van der Waals surface area contributed by atoms with E-state index in [-0.39, 0.29) is 6.61 Å². The van der Waals surface area contributed by atoms with E-state index in [2.05, 4.69) is 41.3 Å². The van der Waals surface area contributed by atoms with Crippen molar-refractivity contribution >= 4 is 0 Å². The van der Waals surface area contributed by atoms with Crippen LogP contribution < -0.4 is 9.47 Å². The summed E-state index contributed by atoms with van der Waals surface area (Å²) in [6.07, 6.45) is 2.27. The van der Waals surface area contributed by atoms with E-state index in [9.17, 15) is 5.11 Å². The standard InChI is InChI=1S/C26H29NO3/c28-18-24-8-5-15-27(24)17-21-11-13-23(14-12-21)20-30-26-10-4-9-25(16-26)29-19-22-6-2-1-3-7-22/h1-4,6-7,9-14,16,24,28H,5,8,15,17-20H2/t24-/m0/s1. The average molecular weight is 404 g/mol. The molecule has 0 radical (unpaired) electrons. The first-order valence-corrected chi connectivity index (χ1v) is 10.6. The van der Waals surface area contributed by atoms with Gasteiger partial charge in [0.25, 0.3) is 0 Å². The first kappa shape index (κ1) is 20.5. The van der Waals surface area contributed by atoms with E-state index >= 15 is 0 Å². The molecule has 1 saturated heterocycles. The average Bonchev–Trinajstić information content (AvgIpc) is 3.25. The predicted octanol–water partition coefficient (Wildman–Crippen LogP) is 4.80. The van der Waals surface area contributed by atoms with Crippen molar-refractivity contribution in [2.75, 3.05) is 13.2 Å². The lowest BCUT2D eigenvalue weighted by molar-refractivity contribution is 0.153. The van der Waals surface area contributed by atoms with Crippen LogP contribution in [0.5, 0.6) is 11.5 Å². The zero-order valence-corrected chi connectivity index (χ0v) is 17.2. The summed E-state index contributed by atoms with van der Waals surface area (Å²) in [5.41, 5.74) is 3.55. The molecule has 0 unspecified atom stereocenters. The summed E-state index contributed by atoms with van der Waals surface area (Å²) in [4.78, 5) is 2.37. The largest absolute Gasteiger partial charge is 0.489 e.